The SMILES string of the molecule is Cc1ccc(C(=O)O)cc1NC(=O)CCCCNC(=O)OCC1c2ccccc2-c2ccccc21. The molecule has 3 aromatic carbocycles. The second kappa shape index (κ2) is 10.9. The summed E-state index contributed by atoms with van der Waals surface area (Å²) in [6.07, 6.45) is 0.986. The molecule has 0 unspecified atom stereocenters. The minimum atomic E-state index is -1.04. The molecule has 0 bridgehead atoms. The van der Waals surface area contributed by atoms with E-state index in [1.165, 1.54) is 23.3 Å². The molecule has 0 spiro atoms. The Labute approximate surface area is 204 Å². The average molecular weight is 473 g/mol. The van der Waals surface area contributed by atoms with Crippen LogP contribution >= 0.6 is 0 Å². The van der Waals surface area contributed by atoms with Crippen molar-refractivity contribution in [2.24, 2.45) is 0 Å². The third-order valence-corrected chi connectivity index (χ3v) is 6.20. The molecule has 0 fully saturated rings. The van der Waals surface area contributed by atoms with Crippen molar-refractivity contribution in [2.45, 2.75) is 32.1 Å². The summed E-state index contributed by atoms with van der Waals surface area (Å²) >= 11 is 0. The smallest absolute Gasteiger partial charge is 0.407 e. The normalized spacial score (nSPS) is 11.9. The average Bonchev–Trinajstić information content (AvgIpc) is 3.17. The molecule has 1 aliphatic carbocycles. The van der Waals surface area contributed by atoms with E-state index in [1.807, 2.05) is 24.3 Å². The van der Waals surface area contributed by atoms with Crippen molar-refractivity contribution < 1.29 is 24.2 Å². The molecule has 3 aromatic rings. The van der Waals surface area contributed by atoms with Crippen LogP contribution in [0.2, 0.25) is 0 Å². The number of aryl methyl sites for hydroxylation is 1. The number of benzene rings is 3. The summed E-state index contributed by atoms with van der Waals surface area (Å²) in [7, 11) is 0. The molecule has 7 heteroatoms. The van der Waals surface area contributed by atoms with E-state index in [2.05, 4.69) is 34.9 Å². The van der Waals surface area contributed by atoms with Gasteiger partial charge in [0, 0.05) is 24.6 Å². The predicted molar refractivity (Wildman–Crippen MR) is 134 cm³/mol. The number of carboxylic acid groups (broad SMARTS) is 1. The summed E-state index contributed by atoms with van der Waals surface area (Å²) in [4.78, 5) is 35.6. The highest BCUT2D eigenvalue weighted by Gasteiger charge is 2.28. The highest BCUT2D eigenvalue weighted by atomic mass is 16.5. The summed E-state index contributed by atoms with van der Waals surface area (Å²) in [5.41, 5.74) is 6.10. The fraction of sp³-hybridized carbons (Fsp3) is 0.250. The van der Waals surface area contributed by atoms with Gasteiger partial charge in [0.1, 0.15) is 6.61 Å². The number of hydrogen-bond donors (Lipinski definition) is 3. The number of fused-ring (bicyclic) bond motifs is 3. The number of nitrogens with one attached hydrogen (secondary N) is 2. The summed E-state index contributed by atoms with van der Waals surface area (Å²) in [6.45, 7) is 2.47. The van der Waals surface area contributed by atoms with Crippen LogP contribution in [0.4, 0.5) is 10.5 Å². The molecule has 0 radical (unpaired) electrons. The third-order valence-electron chi connectivity index (χ3n) is 6.20. The standard InChI is InChI=1S/C28H28N2O5/c1-18-13-14-19(27(32)33)16-25(18)30-26(31)12-6-7-15-29-28(34)35-17-24-22-10-4-2-8-20(22)21-9-3-5-11-23(21)24/h2-5,8-11,13-14,16,24H,6-7,12,15,17H2,1H3,(H,29,34)(H,30,31)(H,32,33). The molecule has 2 amide bonds. The monoisotopic (exact) mass is 472 g/mol. The molecule has 7 nitrogen and oxygen atoms in total. The minimum Gasteiger partial charge on any atom is -0.478 e. The molecule has 0 heterocycles. The predicted octanol–water partition coefficient (Wildman–Crippen LogP) is 5.34. The number of unbranched alkanes of at least 4 members (excludes halogenated alkanes) is 1. The maximum absolute atomic E-state index is 12.2. The van der Waals surface area contributed by atoms with Crippen LogP contribution < -0.4 is 10.6 Å². The van der Waals surface area contributed by atoms with E-state index in [9.17, 15) is 14.4 Å². The fourth-order valence-corrected chi connectivity index (χ4v) is 4.35. The molecule has 0 aromatic heterocycles. The Balaban J connectivity index is 1.18. The van der Waals surface area contributed by atoms with E-state index in [-0.39, 0.29) is 30.4 Å². The van der Waals surface area contributed by atoms with Crippen molar-refractivity contribution in [2.75, 3.05) is 18.5 Å². The number of aromatic carboxylic acids is 1. The zero-order valence-electron chi connectivity index (χ0n) is 19.5. The van der Waals surface area contributed by atoms with Gasteiger partial charge < -0.3 is 20.5 Å². The van der Waals surface area contributed by atoms with Crippen LogP contribution in [0.5, 0.6) is 0 Å². The van der Waals surface area contributed by atoms with Crippen LogP contribution in [0.3, 0.4) is 0 Å². The lowest BCUT2D eigenvalue weighted by Crippen LogP contribution is -2.27. The molecular formula is C28H28N2O5. The highest BCUT2D eigenvalue weighted by Crippen LogP contribution is 2.44. The van der Waals surface area contributed by atoms with Crippen LogP contribution in [0, 0.1) is 6.92 Å². The van der Waals surface area contributed by atoms with E-state index in [4.69, 9.17) is 9.84 Å². The van der Waals surface area contributed by atoms with Crippen molar-refractivity contribution in [3.8, 4) is 11.1 Å². The molecule has 1 aliphatic rings. The fourth-order valence-electron chi connectivity index (χ4n) is 4.35. The van der Waals surface area contributed by atoms with Crippen LogP contribution in [0.15, 0.2) is 66.7 Å². The lowest BCUT2D eigenvalue weighted by atomic mass is 9.98. The van der Waals surface area contributed by atoms with Gasteiger partial charge in [0.2, 0.25) is 5.91 Å². The van der Waals surface area contributed by atoms with E-state index in [1.54, 1.807) is 13.0 Å². The Hall–Kier alpha value is -4.13. The molecular weight excluding hydrogens is 444 g/mol. The van der Waals surface area contributed by atoms with Crippen LogP contribution in [-0.4, -0.2) is 36.2 Å². The van der Waals surface area contributed by atoms with Gasteiger partial charge in [-0.05, 0) is 59.7 Å². The number of carboxylic acids is 1. The number of carbonyl (C=O) groups excluding carboxylic acids is 2. The lowest BCUT2D eigenvalue weighted by molar-refractivity contribution is -0.116. The molecule has 0 aliphatic heterocycles. The number of alkyl carbamates (subject to hydrolysis) is 1. The molecule has 0 atom stereocenters. The molecule has 4 rings (SSSR count). The van der Waals surface area contributed by atoms with Crippen LogP contribution in [0.1, 0.15) is 52.2 Å². The van der Waals surface area contributed by atoms with Crippen LogP contribution in [-0.2, 0) is 9.53 Å². The molecule has 0 saturated carbocycles. The van der Waals surface area contributed by atoms with Crippen molar-refractivity contribution in [3.63, 3.8) is 0 Å². The Kier molecular flexibility index (Phi) is 7.45. The van der Waals surface area contributed by atoms with Crippen LogP contribution in [0.25, 0.3) is 11.1 Å². The molecule has 0 saturated heterocycles. The summed E-state index contributed by atoms with van der Waals surface area (Å²) in [6, 6.07) is 21.0. The first-order valence-corrected chi connectivity index (χ1v) is 11.7. The van der Waals surface area contributed by atoms with Crippen molar-refractivity contribution in [3.05, 3.63) is 89.0 Å². The zero-order chi connectivity index (χ0) is 24.8. The van der Waals surface area contributed by atoms with Gasteiger partial charge in [-0.1, -0.05) is 54.6 Å². The topological polar surface area (TPSA) is 105 Å². The van der Waals surface area contributed by atoms with Gasteiger partial charge in [-0.15, -0.1) is 0 Å². The summed E-state index contributed by atoms with van der Waals surface area (Å²) in [5.74, 6) is -1.23. The highest BCUT2D eigenvalue weighted by molar-refractivity contribution is 5.94. The van der Waals surface area contributed by atoms with Crippen molar-refractivity contribution in [1.29, 1.82) is 0 Å². The number of amides is 2. The minimum absolute atomic E-state index is 0.0138. The van der Waals surface area contributed by atoms with Gasteiger partial charge in [0.05, 0.1) is 5.56 Å². The summed E-state index contributed by atoms with van der Waals surface area (Å²) < 4.78 is 5.51. The van der Waals surface area contributed by atoms with Gasteiger partial charge in [-0.2, -0.15) is 0 Å². The first kappa shape index (κ1) is 24.0. The lowest BCUT2D eigenvalue weighted by Gasteiger charge is -2.14. The van der Waals surface area contributed by atoms with Gasteiger partial charge >= 0.3 is 12.1 Å². The van der Waals surface area contributed by atoms with E-state index in [0.717, 1.165) is 16.7 Å². The van der Waals surface area contributed by atoms with Gasteiger partial charge in [-0.25, -0.2) is 9.59 Å². The Bertz CT molecular complexity index is 1210. The second-order valence-corrected chi connectivity index (χ2v) is 8.59. The zero-order valence-corrected chi connectivity index (χ0v) is 19.5. The second-order valence-electron chi connectivity index (χ2n) is 8.59. The number of anilines is 1. The Morgan fingerprint density at radius 1 is 0.914 bits per heavy atom. The first-order chi connectivity index (χ1) is 16.9. The van der Waals surface area contributed by atoms with Gasteiger partial charge in [-0.3, -0.25) is 4.79 Å². The molecule has 3 N–H and O–H groups in total. The largest absolute Gasteiger partial charge is 0.478 e. The van der Waals surface area contributed by atoms with Crippen molar-refractivity contribution in [1.82, 2.24) is 5.32 Å². The summed E-state index contributed by atoms with van der Waals surface area (Å²) in [5, 5.41) is 14.6. The van der Waals surface area contributed by atoms with Gasteiger partial charge in [0.15, 0.2) is 0 Å². The van der Waals surface area contributed by atoms with E-state index < -0.39 is 12.1 Å². The quantitative estimate of drug-likeness (QED) is 0.365. The number of carbonyl (C=O) groups is 3. The number of ether oxygens (including phenoxy) is 1. The molecule has 180 valence electrons. The number of rotatable bonds is 9. The number of hydrogen-bond acceptors (Lipinski definition) is 4. The van der Waals surface area contributed by atoms with Crippen molar-refractivity contribution >= 4 is 23.7 Å². The Morgan fingerprint density at radius 2 is 1.57 bits per heavy atom. The Morgan fingerprint density at radius 3 is 2.23 bits per heavy atom. The van der Waals surface area contributed by atoms with E-state index in [0.29, 0.717) is 25.1 Å². The maximum Gasteiger partial charge on any atom is 0.407 e. The van der Waals surface area contributed by atoms with E-state index >= 15 is 0 Å². The van der Waals surface area contributed by atoms with Gasteiger partial charge in [0.25, 0.3) is 0 Å². The molecule has 35 heavy (non-hydrogen) atoms. The first-order valence-electron chi connectivity index (χ1n) is 11.7. The third kappa shape index (κ3) is 5.69. The maximum atomic E-state index is 12.2.